The molecule has 1 N–H and O–H groups in total. The van der Waals surface area contributed by atoms with E-state index >= 15 is 0 Å². The summed E-state index contributed by atoms with van der Waals surface area (Å²) in [6, 6.07) is 13.2. The van der Waals surface area contributed by atoms with Crippen molar-refractivity contribution >= 4 is 0 Å². The van der Waals surface area contributed by atoms with Crippen LogP contribution in [0.1, 0.15) is 50.4 Å². The van der Waals surface area contributed by atoms with Crippen molar-refractivity contribution in [1.29, 1.82) is 0 Å². The second-order valence-electron chi connectivity index (χ2n) is 5.77. The fraction of sp³-hybridized carbons (Fsp3) is 0.500. The van der Waals surface area contributed by atoms with Gasteiger partial charge in [0.15, 0.2) is 0 Å². The van der Waals surface area contributed by atoms with Crippen LogP contribution in [0.15, 0.2) is 42.6 Å². The van der Waals surface area contributed by atoms with Gasteiger partial charge in [0.25, 0.3) is 0 Å². The minimum atomic E-state index is 0.258. The van der Waals surface area contributed by atoms with Crippen molar-refractivity contribution in [1.82, 2.24) is 15.1 Å². The first-order valence-electron chi connectivity index (χ1n) is 7.95. The average molecular weight is 285 g/mol. The van der Waals surface area contributed by atoms with E-state index in [0.29, 0.717) is 11.8 Å². The van der Waals surface area contributed by atoms with Crippen LogP contribution >= 0.6 is 0 Å². The molecule has 0 saturated heterocycles. The van der Waals surface area contributed by atoms with Gasteiger partial charge in [-0.15, -0.1) is 0 Å². The van der Waals surface area contributed by atoms with Gasteiger partial charge in [-0.2, -0.15) is 5.10 Å². The Morgan fingerprint density at radius 1 is 1.14 bits per heavy atom. The van der Waals surface area contributed by atoms with Crippen molar-refractivity contribution in [3.05, 3.63) is 53.9 Å². The standard InChI is InChI=1S/C18H27N3/c1-5-14(3)17(15-10-8-7-9-11-15)18(19-6-2)16-12-13-21(4)20-16/h7-14,17-19H,5-6H2,1-4H3. The van der Waals surface area contributed by atoms with Crippen LogP contribution in [0.5, 0.6) is 0 Å². The highest BCUT2D eigenvalue weighted by molar-refractivity contribution is 5.25. The number of rotatable bonds is 7. The number of aryl methyl sites for hydroxylation is 1. The summed E-state index contributed by atoms with van der Waals surface area (Å²) in [4.78, 5) is 0. The normalized spacial score (nSPS) is 15.6. The Morgan fingerprint density at radius 2 is 1.86 bits per heavy atom. The highest BCUT2D eigenvalue weighted by Crippen LogP contribution is 2.37. The third kappa shape index (κ3) is 3.73. The molecule has 0 aliphatic rings. The Hall–Kier alpha value is -1.61. The predicted octanol–water partition coefficient (Wildman–Crippen LogP) is 3.90. The Kier molecular flexibility index (Phi) is 5.57. The first-order chi connectivity index (χ1) is 10.2. The van der Waals surface area contributed by atoms with Gasteiger partial charge in [0.2, 0.25) is 0 Å². The fourth-order valence-corrected chi connectivity index (χ4v) is 3.01. The van der Waals surface area contributed by atoms with Crippen LogP contribution in [0.25, 0.3) is 0 Å². The van der Waals surface area contributed by atoms with E-state index in [1.54, 1.807) is 0 Å². The Balaban J connectivity index is 2.40. The molecule has 1 heterocycles. The highest BCUT2D eigenvalue weighted by Gasteiger charge is 2.29. The molecule has 2 rings (SSSR count). The number of hydrogen-bond acceptors (Lipinski definition) is 2. The van der Waals surface area contributed by atoms with Gasteiger partial charge in [-0.1, -0.05) is 57.5 Å². The maximum Gasteiger partial charge on any atom is 0.0800 e. The summed E-state index contributed by atoms with van der Waals surface area (Å²) in [5, 5.41) is 8.30. The average Bonchev–Trinajstić information content (AvgIpc) is 2.94. The molecule has 2 aromatic rings. The molecule has 0 aliphatic carbocycles. The topological polar surface area (TPSA) is 29.9 Å². The molecule has 0 fully saturated rings. The largest absolute Gasteiger partial charge is 0.308 e. The van der Waals surface area contributed by atoms with E-state index in [1.165, 1.54) is 5.56 Å². The molecule has 0 radical (unpaired) electrons. The van der Waals surface area contributed by atoms with E-state index in [-0.39, 0.29) is 6.04 Å². The first kappa shape index (κ1) is 15.8. The van der Waals surface area contributed by atoms with Crippen LogP contribution in [-0.4, -0.2) is 16.3 Å². The second kappa shape index (κ2) is 7.41. The fourth-order valence-electron chi connectivity index (χ4n) is 3.01. The van der Waals surface area contributed by atoms with Crippen molar-refractivity contribution < 1.29 is 0 Å². The molecule has 3 atom stereocenters. The molecule has 3 nitrogen and oxygen atoms in total. The van der Waals surface area contributed by atoms with Crippen LogP contribution in [0.2, 0.25) is 0 Å². The van der Waals surface area contributed by atoms with Crippen LogP contribution in [0, 0.1) is 5.92 Å². The third-order valence-electron chi connectivity index (χ3n) is 4.28. The molecule has 0 spiro atoms. The van der Waals surface area contributed by atoms with E-state index in [1.807, 2.05) is 17.9 Å². The number of aromatic nitrogens is 2. The van der Waals surface area contributed by atoms with Crippen molar-refractivity contribution in [3.8, 4) is 0 Å². The van der Waals surface area contributed by atoms with E-state index in [2.05, 4.69) is 67.6 Å². The lowest BCUT2D eigenvalue weighted by Crippen LogP contribution is -2.31. The van der Waals surface area contributed by atoms with E-state index in [4.69, 9.17) is 0 Å². The zero-order valence-corrected chi connectivity index (χ0v) is 13.6. The molecule has 21 heavy (non-hydrogen) atoms. The SMILES string of the molecule is CCNC(c1ccn(C)n1)C(c1ccccc1)C(C)CC. The van der Waals surface area contributed by atoms with Gasteiger partial charge in [0.1, 0.15) is 0 Å². The van der Waals surface area contributed by atoms with Gasteiger partial charge in [-0.3, -0.25) is 4.68 Å². The smallest absolute Gasteiger partial charge is 0.0800 e. The zero-order valence-electron chi connectivity index (χ0n) is 13.6. The minimum absolute atomic E-state index is 0.258. The summed E-state index contributed by atoms with van der Waals surface area (Å²) in [6.45, 7) is 7.71. The van der Waals surface area contributed by atoms with Gasteiger partial charge >= 0.3 is 0 Å². The summed E-state index contributed by atoms with van der Waals surface area (Å²) < 4.78 is 1.89. The molecular weight excluding hydrogens is 258 g/mol. The summed E-state index contributed by atoms with van der Waals surface area (Å²) in [6.07, 6.45) is 3.19. The number of benzene rings is 1. The Morgan fingerprint density at radius 3 is 2.38 bits per heavy atom. The van der Waals surface area contributed by atoms with Gasteiger partial charge in [-0.05, 0) is 24.1 Å². The molecule has 0 amide bonds. The monoisotopic (exact) mass is 285 g/mol. The second-order valence-corrected chi connectivity index (χ2v) is 5.77. The zero-order chi connectivity index (χ0) is 15.2. The lowest BCUT2D eigenvalue weighted by molar-refractivity contribution is 0.337. The van der Waals surface area contributed by atoms with Crippen molar-refractivity contribution in [2.45, 2.75) is 39.2 Å². The molecule has 0 aliphatic heterocycles. The molecule has 0 saturated carbocycles. The lowest BCUT2D eigenvalue weighted by atomic mass is 9.79. The summed E-state index contributed by atoms with van der Waals surface area (Å²) in [5.41, 5.74) is 2.52. The quantitative estimate of drug-likeness (QED) is 0.836. The van der Waals surface area contributed by atoms with Crippen LogP contribution in [0.3, 0.4) is 0 Å². The van der Waals surface area contributed by atoms with Crippen molar-refractivity contribution in [2.24, 2.45) is 13.0 Å². The van der Waals surface area contributed by atoms with Gasteiger partial charge in [-0.25, -0.2) is 0 Å². The first-order valence-corrected chi connectivity index (χ1v) is 7.95. The molecular formula is C18H27N3. The van der Waals surface area contributed by atoms with Crippen molar-refractivity contribution in [3.63, 3.8) is 0 Å². The summed E-state index contributed by atoms with van der Waals surface area (Å²) in [7, 11) is 1.98. The summed E-state index contributed by atoms with van der Waals surface area (Å²) in [5.74, 6) is 1.03. The lowest BCUT2D eigenvalue weighted by Gasteiger charge is -2.31. The van der Waals surface area contributed by atoms with E-state index in [9.17, 15) is 0 Å². The van der Waals surface area contributed by atoms with Crippen LogP contribution in [-0.2, 0) is 7.05 Å². The maximum absolute atomic E-state index is 4.65. The molecule has 3 heteroatoms. The number of likely N-dealkylation sites (N-methyl/N-ethyl adjacent to an activating group) is 1. The molecule has 1 aromatic heterocycles. The van der Waals surface area contributed by atoms with Gasteiger partial charge < -0.3 is 5.32 Å². The third-order valence-corrected chi connectivity index (χ3v) is 4.28. The van der Waals surface area contributed by atoms with Crippen LogP contribution in [0.4, 0.5) is 0 Å². The van der Waals surface area contributed by atoms with Crippen molar-refractivity contribution in [2.75, 3.05) is 6.54 Å². The minimum Gasteiger partial charge on any atom is -0.308 e. The summed E-state index contributed by atoms with van der Waals surface area (Å²) >= 11 is 0. The number of nitrogens with one attached hydrogen (secondary N) is 1. The van der Waals surface area contributed by atoms with Gasteiger partial charge in [0, 0.05) is 19.2 Å². The van der Waals surface area contributed by atoms with E-state index < -0.39 is 0 Å². The molecule has 114 valence electrons. The highest BCUT2D eigenvalue weighted by atomic mass is 15.3. The Bertz CT molecular complexity index is 532. The predicted molar refractivity (Wildman–Crippen MR) is 88.3 cm³/mol. The molecule has 1 aromatic carbocycles. The van der Waals surface area contributed by atoms with Gasteiger partial charge in [0.05, 0.1) is 11.7 Å². The van der Waals surface area contributed by atoms with Crippen LogP contribution < -0.4 is 5.32 Å². The Labute approximate surface area is 128 Å². The molecule has 3 unspecified atom stereocenters. The van der Waals surface area contributed by atoms with E-state index in [0.717, 1.165) is 18.7 Å². The number of nitrogens with zero attached hydrogens (tertiary/aromatic N) is 2. The molecule has 0 bridgehead atoms. The number of hydrogen-bond donors (Lipinski definition) is 1. The maximum atomic E-state index is 4.65.